The van der Waals surface area contributed by atoms with Gasteiger partial charge >= 0.3 is 0 Å². The predicted octanol–water partition coefficient (Wildman–Crippen LogP) is -3.08. The quantitative estimate of drug-likeness (QED) is 0.0271. The van der Waals surface area contributed by atoms with E-state index in [0.717, 1.165) is 21.6 Å². The Balaban J connectivity index is 1.71. The molecule has 25 nitrogen and oxygen atoms in total. The molecule has 18 N–H and O–H groups in total. The van der Waals surface area contributed by atoms with Crippen molar-refractivity contribution < 1.29 is 57.8 Å². The minimum absolute atomic E-state index is 0.0333. The summed E-state index contributed by atoms with van der Waals surface area (Å²) in [4.78, 5) is 154. The third kappa shape index (κ3) is 20.5. The van der Waals surface area contributed by atoms with E-state index in [1.165, 1.54) is 29.2 Å². The summed E-state index contributed by atoms with van der Waals surface area (Å²) < 4.78 is 0. The monoisotopic (exact) mass is 1080 g/mol. The van der Waals surface area contributed by atoms with E-state index in [0.29, 0.717) is 17.5 Å². The lowest BCUT2D eigenvalue weighted by atomic mass is 9.92. The Kier molecular flexibility index (Phi) is 24.3. The van der Waals surface area contributed by atoms with Crippen LogP contribution in [-0.2, 0) is 65.6 Å². The zero-order chi connectivity index (χ0) is 55.2. The van der Waals surface area contributed by atoms with Crippen molar-refractivity contribution in [3.8, 4) is 5.75 Å². The Hall–Kier alpha value is -7.26. The van der Waals surface area contributed by atoms with Gasteiger partial charge in [0.1, 0.15) is 29.9 Å². The third-order valence-electron chi connectivity index (χ3n) is 12.2. The van der Waals surface area contributed by atoms with Crippen LogP contribution in [0.3, 0.4) is 0 Å². The first kappa shape index (κ1) is 60.3. The van der Waals surface area contributed by atoms with Crippen molar-refractivity contribution in [2.24, 2.45) is 45.3 Å². The van der Waals surface area contributed by atoms with Gasteiger partial charge in [-0.1, -0.05) is 64.1 Å². The predicted molar refractivity (Wildman–Crippen MR) is 278 cm³/mol. The maximum atomic E-state index is 14.6. The van der Waals surface area contributed by atoms with Gasteiger partial charge in [0.05, 0.1) is 24.0 Å². The minimum Gasteiger partial charge on any atom is -0.508 e. The second kappa shape index (κ2) is 30.2. The van der Waals surface area contributed by atoms with E-state index >= 15 is 0 Å². The molecule has 8 atom stereocenters. The van der Waals surface area contributed by atoms with Crippen molar-refractivity contribution in [3.63, 3.8) is 0 Å². The van der Waals surface area contributed by atoms with Gasteiger partial charge in [0.25, 0.3) is 0 Å². The van der Waals surface area contributed by atoms with Crippen molar-refractivity contribution in [2.45, 2.75) is 119 Å². The number of nitrogens with two attached hydrogens (primary N) is 6. The van der Waals surface area contributed by atoms with Crippen molar-refractivity contribution >= 4 is 92.3 Å². The number of phenolic OH excluding ortho intramolecular Hbond substituents is 1. The number of aromatic hydroxyl groups is 1. The second-order valence-corrected chi connectivity index (χ2v) is 20.7. The molecule has 2 aliphatic heterocycles. The number of carbonyl (C=O) groups excluding carboxylic acids is 11. The number of rotatable bonds is 20. The van der Waals surface area contributed by atoms with Crippen LogP contribution in [0.25, 0.3) is 0 Å². The van der Waals surface area contributed by atoms with Gasteiger partial charge in [-0.2, -0.15) is 0 Å². The van der Waals surface area contributed by atoms with E-state index in [9.17, 15) is 57.8 Å². The number of ketones is 2. The number of phenols is 1. The van der Waals surface area contributed by atoms with Crippen molar-refractivity contribution in [1.29, 1.82) is 0 Å². The van der Waals surface area contributed by atoms with E-state index in [4.69, 9.17) is 34.4 Å². The number of hydrogen-bond acceptors (Lipinski definition) is 16. The number of Topliss-reactive ketones (excluding diaryl/α,β-unsaturated/α-hetero) is 2. The maximum absolute atomic E-state index is 14.6. The van der Waals surface area contributed by atoms with Crippen LogP contribution in [0.2, 0.25) is 0 Å². The first-order valence-corrected chi connectivity index (χ1v) is 26.7. The molecule has 75 heavy (non-hydrogen) atoms. The molecular weight excluding hydrogens is 1010 g/mol. The minimum atomic E-state index is -1.54. The van der Waals surface area contributed by atoms with Crippen LogP contribution in [-0.4, -0.2) is 148 Å². The van der Waals surface area contributed by atoms with Gasteiger partial charge < -0.3 is 71.0 Å². The van der Waals surface area contributed by atoms with Gasteiger partial charge in [-0.05, 0) is 55.4 Å². The average molecular weight is 1080 g/mol. The fourth-order valence-electron chi connectivity index (χ4n) is 8.23. The fraction of sp³-hybridized carbons (Fsp3) is 0.500. The van der Waals surface area contributed by atoms with Crippen molar-refractivity contribution in [1.82, 2.24) is 31.5 Å². The largest absolute Gasteiger partial charge is 0.508 e. The zero-order valence-corrected chi connectivity index (χ0v) is 42.9. The number of carbonyl (C=O) groups is 11. The fourth-order valence-corrected chi connectivity index (χ4v) is 10.5. The Bertz CT molecular complexity index is 2410. The molecule has 9 amide bonds. The molecule has 0 radical (unpaired) electrons. The molecule has 0 bridgehead atoms. The van der Waals surface area contributed by atoms with E-state index < -0.39 is 132 Å². The molecule has 0 spiro atoms. The smallest absolute Gasteiger partial charge is 0.246 e. The summed E-state index contributed by atoms with van der Waals surface area (Å²) >= 11 is 0. The number of nitrogens with one attached hydrogen (secondary N) is 5. The van der Waals surface area contributed by atoms with Gasteiger partial charge in [0.2, 0.25) is 53.2 Å². The number of aliphatic imine (C=N–C) groups is 1. The van der Waals surface area contributed by atoms with Crippen LogP contribution in [0, 0.1) is 5.92 Å². The molecule has 0 saturated carbocycles. The summed E-state index contributed by atoms with van der Waals surface area (Å²) in [6.07, 6.45) is -2.24. The summed E-state index contributed by atoms with van der Waals surface area (Å²) in [5, 5.41) is 23.2. The Morgan fingerprint density at radius 2 is 1.32 bits per heavy atom. The zero-order valence-electron chi connectivity index (χ0n) is 41.2. The molecule has 2 aromatic carbocycles. The van der Waals surface area contributed by atoms with Crippen LogP contribution >= 0.6 is 21.6 Å². The van der Waals surface area contributed by atoms with Gasteiger partial charge in [-0.3, -0.25) is 57.7 Å². The first-order chi connectivity index (χ1) is 35.6. The molecule has 2 aliphatic rings. The maximum Gasteiger partial charge on any atom is 0.246 e. The van der Waals surface area contributed by atoms with E-state index in [1.54, 1.807) is 30.3 Å². The lowest BCUT2D eigenvalue weighted by Gasteiger charge is -2.30. The second-order valence-electron chi connectivity index (χ2n) is 18.2. The summed E-state index contributed by atoms with van der Waals surface area (Å²) in [6, 6.07) is 5.09. The Morgan fingerprint density at radius 3 is 1.93 bits per heavy atom. The van der Waals surface area contributed by atoms with Crippen molar-refractivity contribution in [3.05, 3.63) is 65.7 Å². The molecule has 2 aromatic rings. The molecule has 0 aromatic heterocycles. The number of nitrogens with zero attached hydrogens (tertiary/aromatic N) is 2. The highest BCUT2D eigenvalue weighted by atomic mass is 33.1. The van der Waals surface area contributed by atoms with Crippen LogP contribution in [0.4, 0.5) is 0 Å². The van der Waals surface area contributed by atoms with E-state index in [1.807, 2.05) is 0 Å². The van der Waals surface area contributed by atoms with E-state index in [2.05, 4.69) is 31.6 Å². The summed E-state index contributed by atoms with van der Waals surface area (Å²) in [6.45, 7) is 0.156. The van der Waals surface area contributed by atoms with Crippen molar-refractivity contribution in [2.75, 3.05) is 24.6 Å². The number of likely N-dealkylation sites (tertiary alicyclic amines) is 1. The normalized spacial score (nSPS) is 22.8. The molecule has 4 rings (SSSR count). The van der Waals surface area contributed by atoms with Gasteiger partial charge in [-0.15, -0.1) is 0 Å². The lowest BCUT2D eigenvalue weighted by molar-refractivity contribution is -0.142. The first-order valence-electron chi connectivity index (χ1n) is 24.2. The van der Waals surface area contributed by atoms with Gasteiger partial charge in [-0.25, -0.2) is 0 Å². The van der Waals surface area contributed by atoms with Crippen LogP contribution in [0.1, 0.15) is 75.3 Å². The number of guanidine groups is 1. The Morgan fingerprint density at radius 1 is 0.720 bits per heavy atom. The average Bonchev–Trinajstić information content (AvgIpc) is 3.86. The summed E-state index contributed by atoms with van der Waals surface area (Å²) in [5.74, 6) is -11.0. The van der Waals surface area contributed by atoms with Gasteiger partial charge in [0.15, 0.2) is 17.5 Å². The molecule has 2 heterocycles. The highest BCUT2D eigenvalue weighted by Gasteiger charge is 2.40. The standard InChI is InChI=1S/C48H67N13O12S2/c49-30-24-74-75-25-35(47(73)61-19-5-9-36(61)46(72)57-31(8-4-18-55-48(53)54)37(63)15-17-40(51)66)60-42(68)28(23-41(52)67)22-38(64)32(14-16-39(50)65)56-44(70)34(20-26-6-2-1-3-7-26)59-45(71)33(58-43(30)69)21-27-10-12-29(62)13-11-27/h1-3,6-7,10-13,28,30-36,62H,4-5,8-9,14-25,49H2,(H2,50,65)(H2,51,66)(H2,52,67)(H,56,70)(H,57,72)(H,58,69)(H,59,71)(H,60,68)(H4,53,54,55)/t28-,30-,31-,32-,33-,34-,35-,36-/m0/s1. The number of benzene rings is 2. The molecule has 0 unspecified atom stereocenters. The number of hydrogen-bond donors (Lipinski definition) is 12. The van der Waals surface area contributed by atoms with E-state index in [-0.39, 0.29) is 87.7 Å². The molecule has 2 fully saturated rings. The third-order valence-corrected chi connectivity index (χ3v) is 14.6. The highest BCUT2D eigenvalue weighted by Crippen LogP contribution is 2.27. The Labute approximate surface area is 440 Å². The summed E-state index contributed by atoms with van der Waals surface area (Å²) in [7, 11) is 2.05. The molecule has 2 saturated heterocycles. The summed E-state index contributed by atoms with van der Waals surface area (Å²) in [5.41, 5.74) is 34.6. The van der Waals surface area contributed by atoms with Crippen LogP contribution in [0.5, 0.6) is 5.75 Å². The number of amides is 9. The van der Waals surface area contributed by atoms with Crippen LogP contribution in [0.15, 0.2) is 59.6 Å². The molecule has 27 heteroatoms. The topological polar surface area (TPSA) is 440 Å². The number of primary amides is 3. The SMILES string of the molecule is NC(=O)CCC(=O)[C@H](CCCN=C(N)N)NC(=O)[C@@H]1CCCN1C(=O)[C@@H]1CSSC[C@H](N)C(=O)N[C@@H](Cc2ccc(O)cc2)C(=O)N[C@@H](Cc2ccccc2)C(=O)N[C@@H](CCC(N)=O)C(=O)C[C@@H](CC(N)=O)C(=O)N1. The lowest BCUT2D eigenvalue weighted by Crippen LogP contribution is -2.58. The molecular formula is C48H67N13O12S2. The van der Waals surface area contributed by atoms with Gasteiger partial charge in [0, 0.05) is 69.5 Å². The molecule has 408 valence electrons. The molecule has 0 aliphatic carbocycles. The highest BCUT2D eigenvalue weighted by molar-refractivity contribution is 8.76. The van der Waals surface area contributed by atoms with Crippen LogP contribution < -0.4 is 61.0 Å².